The average molecular weight is 557 g/mol. The molecule has 4 aliphatic carbocycles. The zero-order chi connectivity index (χ0) is 28.0. The van der Waals surface area contributed by atoms with Crippen molar-refractivity contribution in [1.82, 2.24) is 0 Å². The quantitative estimate of drug-likeness (QED) is 0.312. The normalized spacial score (nSPS) is 38.6. The fourth-order valence-corrected chi connectivity index (χ4v) is 11.8. The van der Waals surface area contributed by atoms with Crippen molar-refractivity contribution in [3.05, 3.63) is 42.0 Å². The van der Waals surface area contributed by atoms with Gasteiger partial charge in [0, 0.05) is 0 Å². The van der Waals surface area contributed by atoms with Gasteiger partial charge in [0.1, 0.15) is 0 Å². The first-order chi connectivity index (χ1) is 18.5. The molecular weight excluding hydrogens is 504 g/mol. The van der Waals surface area contributed by atoms with Crippen molar-refractivity contribution < 1.29 is 18.6 Å². The van der Waals surface area contributed by atoms with Crippen LogP contribution in [0.5, 0.6) is 0 Å². The van der Waals surface area contributed by atoms with E-state index in [1.165, 1.54) is 25.7 Å². The molecule has 2 N–H and O–H groups in total. The number of hydrogen-bond acceptors (Lipinski definition) is 4. The Morgan fingerprint density at radius 1 is 1.00 bits per heavy atom. The van der Waals surface area contributed by atoms with Crippen LogP contribution in [0.2, 0.25) is 0 Å². The predicted molar refractivity (Wildman–Crippen MR) is 158 cm³/mol. The number of rotatable bonds is 9. The SMILES string of the molecule is CCC(O)CC(C[C@@H](C)[C@H]1CC[C@H]2[C@@H]3CC=C4C[C@](O)(CC)CC[C@@H]4[C@H]3CC[C@]12C)S(=O)(=O)c1ccccc1. The fourth-order valence-electron chi connectivity index (χ4n) is 9.84. The third-order valence-electron chi connectivity index (χ3n) is 12.2. The minimum absolute atomic E-state index is 0.259. The smallest absolute Gasteiger partial charge is 0.181 e. The topological polar surface area (TPSA) is 74.6 Å². The van der Waals surface area contributed by atoms with E-state index in [4.69, 9.17) is 0 Å². The lowest BCUT2D eigenvalue weighted by Crippen LogP contribution is -2.48. The van der Waals surface area contributed by atoms with E-state index in [0.29, 0.717) is 47.8 Å². The number of allylic oxidation sites excluding steroid dienone is 1. The molecule has 2 unspecified atom stereocenters. The molecule has 10 atom stereocenters. The molecule has 5 rings (SSSR count). The summed E-state index contributed by atoms with van der Waals surface area (Å²) in [6.07, 6.45) is 13.4. The van der Waals surface area contributed by atoms with Crippen molar-refractivity contribution in [3.8, 4) is 0 Å². The lowest BCUT2D eigenvalue weighted by Gasteiger charge is -2.55. The van der Waals surface area contributed by atoms with Gasteiger partial charge in [-0.2, -0.15) is 0 Å². The second-order valence-corrected chi connectivity index (χ2v) is 16.3. The summed E-state index contributed by atoms with van der Waals surface area (Å²) in [5.41, 5.74) is 1.31. The van der Waals surface area contributed by atoms with E-state index in [9.17, 15) is 18.6 Å². The summed E-state index contributed by atoms with van der Waals surface area (Å²) in [6, 6.07) is 8.86. The summed E-state index contributed by atoms with van der Waals surface area (Å²) >= 11 is 0. The van der Waals surface area contributed by atoms with Crippen LogP contribution in [0.1, 0.15) is 105 Å². The van der Waals surface area contributed by atoms with Crippen molar-refractivity contribution in [1.29, 1.82) is 0 Å². The second kappa shape index (κ2) is 11.2. The van der Waals surface area contributed by atoms with E-state index in [1.807, 2.05) is 13.0 Å². The van der Waals surface area contributed by atoms with Gasteiger partial charge in [-0.15, -0.1) is 0 Å². The van der Waals surface area contributed by atoms with Gasteiger partial charge in [0.05, 0.1) is 21.9 Å². The molecule has 5 heteroatoms. The van der Waals surface area contributed by atoms with Crippen LogP contribution in [0.4, 0.5) is 0 Å². The Bertz CT molecular complexity index is 1130. The second-order valence-electron chi connectivity index (χ2n) is 14.1. The molecule has 0 amide bonds. The highest BCUT2D eigenvalue weighted by molar-refractivity contribution is 7.92. The molecule has 0 aliphatic heterocycles. The molecule has 0 heterocycles. The molecular formula is C34H52O4S. The molecule has 4 nitrogen and oxygen atoms in total. The van der Waals surface area contributed by atoms with Crippen LogP contribution in [-0.4, -0.2) is 35.6 Å². The van der Waals surface area contributed by atoms with Crippen LogP contribution in [-0.2, 0) is 9.84 Å². The third-order valence-corrected chi connectivity index (χ3v) is 14.4. The lowest BCUT2D eigenvalue weighted by atomic mass is 9.50. The van der Waals surface area contributed by atoms with Crippen molar-refractivity contribution in [3.63, 3.8) is 0 Å². The first-order valence-corrected chi connectivity index (χ1v) is 17.5. The van der Waals surface area contributed by atoms with Crippen molar-refractivity contribution in [2.45, 2.75) is 127 Å². The van der Waals surface area contributed by atoms with Crippen LogP contribution < -0.4 is 0 Å². The molecule has 0 radical (unpaired) electrons. The molecule has 1 aromatic rings. The number of fused-ring (bicyclic) bond motifs is 5. The molecule has 0 bridgehead atoms. The van der Waals surface area contributed by atoms with Gasteiger partial charge < -0.3 is 10.2 Å². The Hall–Kier alpha value is -1.17. The van der Waals surface area contributed by atoms with Gasteiger partial charge in [-0.25, -0.2) is 8.42 Å². The zero-order valence-electron chi connectivity index (χ0n) is 24.7. The van der Waals surface area contributed by atoms with Crippen LogP contribution in [0.25, 0.3) is 0 Å². The minimum Gasteiger partial charge on any atom is -0.393 e. The standard InChI is InChI=1S/C34H52O4S/c1-5-25(35)21-27(39(37,38)26-10-8-7-9-11-26)20-23(3)31-14-15-32-30-13-12-24-22-34(36,6-2)19-17-28(24)29(30)16-18-33(31,32)4/h7-12,23,25,27-32,35-36H,5-6,13-22H2,1-4H3/t23-,25?,27?,28+,29-,30-,31-,32+,33-,34+/m1/s1. The lowest BCUT2D eigenvalue weighted by molar-refractivity contribution is -0.0460. The molecule has 39 heavy (non-hydrogen) atoms. The monoisotopic (exact) mass is 556 g/mol. The molecule has 4 aliphatic rings. The van der Waals surface area contributed by atoms with E-state index in [1.54, 1.807) is 29.8 Å². The Kier molecular flexibility index (Phi) is 8.46. The Morgan fingerprint density at radius 2 is 1.74 bits per heavy atom. The summed E-state index contributed by atoms with van der Waals surface area (Å²) in [7, 11) is -3.51. The molecule has 3 saturated carbocycles. The van der Waals surface area contributed by atoms with E-state index in [2.05, 4.69) is 26.8 Å². The van der Waals surface area contributed by atoms with Gasteiger partial charge in [-0.3, -0.25) is 0 Å². The fraction of sp³-hybridized carbons (Fsp3) is 0.765. The third kappa shape index (κ3) is 5.42. The number of hydrogen-bond donors (Lipinski definition) is 2. The van der Waals surface area contributed by atoms with Crippen molar-refractivity contribution in [2.24, 2.45) is 40.9 Å². The van der Waals surface area contributed by atoms with Crippen LogP contribution in [0.15, 0.2) is 46.9 Å². The van der Waals surface area contributed by atoms with E-state index in [-0.39, 0.29) is 5.41 Å². The molecule has 0 aromatic heterocycles. The summed E-state index contributed by atoms with van der Waals surface area (Å²) in [5, 5.41) is 21.0. The first kappa shape index (κ1) is 29.3. The number of sulfone groups is 1. The first-order valence-electron chi connectivity index (χ1n) is 15.9. The van der Waals surface area contributed by atoms with Gasteiger partial charge in [0.25, 0.3) is 0 Å². The van der Waals surface area contributed by atoms with Crippen LogP contribution >= 0.6 is 0 Å². The van der Waals surface area contributed by atoms with Gasteiger partial charge in [-0.05, 0) is 130 Å². The van der Waals surface area contributed by atoms with Gasteiger partial charge in [0.15, 0.2) is 9.84 Å². The molecule has 218 valence electrons. The molecule has 1 aromatic carbocycles. The maximum atomic E-state index is 13.8. The summed E-state index contributed by atoms with van der Waals surface area (Å²) in [5.74, 6) is 3.68. The van der Waals surface area contributed by atoms with Gasteiger partial charge in [0.2, 0.25) is 0 Å². The number of aliphatic hydroxyl groups excluding tert-OH is 1. The maximum Gasteiger partial charge on any atom is 0.181 e. The van der Waals surface area contributed by atoms with E-state index in [0.717, 1.165) is 43.9 Å². The van der Waals surface area contributed by atoms with Crippen LogP contribution in [0, 0.1) is 40.9 Å². The number of benzene rings is 1. The van der Waals surface area contributed by atoms with E-state index >= 15 is 0 Å². The highest BCUT2D eigenvalue weighted by Crippen LogP contribution is 2.65. The summed E-state index contributed by atoms with van der Waals surface area (Å²) < 4.78 is 27.5. The average Bonchev–Trinajstić information content (AvgIpc) is 3.30. The molecule has 0 spiro atoms. The summed E-state index contributed by atoms with van der Waals surface area (Å²) in [4.78, 5) is 0.383. The van der Waals surface area contributed by atoms with Gasteiger partial charge in [-0.1, -0.05) is 57.5 Å². The largest absolute Gasteiger partial charge is 0.393 e. The minimum atomic E-state index is -3.51. The Morgan fingerprint density at radius 3 is 2.44 bits per heavy atom. The predicted octanol–water partition coefficient (Wildman–Crippen LogP) is 7.35. The highest BCUT2D eigenvalue weighted by atomic mass is 32.2. The van der Waals surface area contributed by atoms with Crippen molar-refractivity contribution in [2.75, 3.05) is 0 Å². The van der Waals surface area contributed by atoms with Crippen molar-refractivity contribution >= 4 is 9.84 Å². The number of aliphatic hydroxyl groups is 2. The molecule has 0 saturated heterocycles. The van der Waals surface area contributed by atoms with E-state index < -0.39 is 26.8 Å². The maximum absolute atomic E-state index is 13.8. The van der Waals surface area contributed by atoms with Crippen LogP contribution in [0.3, 0.4) is 0 Å². The molecule has 3 fully saturated rings. The summed E-state index contributed by atoms with van der Waals surface area (Å²) in [6.45, 7) is 8.87. The Labute approximate surface area is 237 Å². The Balaban J connectivity index is 1.33. The highest BCUT2D eigenvalue weighted by Gasteiger charge is 2.57. The zero-order valence-corrected chi connectivity index (χ0v) is 25.5. The van der Waals surface area contributed by atoms with Gasteiger partial charge >= 0.3 is 0 Å².